The summed E-state index contributed by atoms with van der Waals surface area (Å²) in [5.74, 6) is -3.30. The van der Waals surface area contributed by atoms with Gasteiger partial charge in [0.2, 0.25) is 0 Å². The van der Waals surface area contributed by atoms with Crippen molar-refractivity contribution in [1.29, 1.82) is 0 Å². The second-order valence-electron chi connectivity index (χ2n) is 6.83. The van der Waals surface area contributed by atoms with Crippen LogP contribution in [0, 0.1) is 13.8 Å². The molecule has 2 aromatic carbocycles. The van der Waals surface area contributed by atoms with Gasteiger partial charge in [-0.3, -0.25) is 9.59 Å². The first-order valence-corrected chi connectivity index (χ1v) is 8.86. The van der Waals surface area contributed by atoms with Gasteiger partial charge < -0.3 is 15.4 Å². The van der Waals surface area contributed by atoms with Gasteiger partial charge in [0, 0.05) is 11.7 Å². The van der Waals surface area contributed by atoms with E-state index in [1.54, 1.807) is 0 Å². The van der Waals surface area contributed by atoms with Gasteiger partial charge >= 0.3 is 5.97 Å². The Morgan fingerprint density at radius 1 is 1.14 bits per heavy atom. The van der Waals surface area contributed by atoms with Crippen LogP contribution in [0.4, 0.5) is 4.39 Å². The predicted octanol–water partition coefficient (Wildman–Crippen LogP) is 4.35. The number of aryl methyl sites for hydroxylation is 2. The molecule has 6 heteroatoms. The van der Waals surface area contributed by atoms with Crippen LogP contribution in [0.1, 0.15) is 23.6 Å². The van der Waals surface area contributed by atoms with Crippen LogP contribution >= 0.6 is 0 Å². The molecule has 0 fully saturated rings. The molecule has 1 heterocycles. The summed E-state index contributed by atoms with van der Waals surface area (Å²) in [6.07, 6.45) is 3.02. The van der Waals surface area contributed by atoms with Crippen molar-refractivity contribution in [3.63, 3.8) is 0 Å². The standard InChI is InChI=1S/C22H21FN2O3/c1-12-9-18(15-4-5-20-16(10-15)6-7-24-20)13(2)8-17(12)11-19(23)21(26)25-14(3)22(27)28/h4-11,14,24H,1-3H3,(H,25,26)(H,27,28)/b19-11+/t14-/m1/s1. The lowest BCUT2D eigenvalue weighted by Crippen LogP contribution is -2.38. The van der Waals surface area contributed by atoms with E-state index in [1.807, 2.05) is 50.4 Å². The van der Waals surface area contributed by atoms with Crippen LogP contribution in [0.15, 0.2) is 48.4 Å². The van der Waals surface area contributed by atoms with Gasteiger partial charge in [-0.2, -0.15) is 0 Å². The molecule has 0 aliphatic heterocycles. The van der Waals surface area contributed by atoms with Crippen LogP contribution in [0.2, 0.25) is 0 Å². The van der Waals surface area contributed by atoms with Crippen molar-refractivity contribution in [3.05, 3.63) is 65.1 Å². The maximum atomic E-state index is 14.2. The van der Waals surface area contributed by atoms with Gasteiger partial charge in [0.25, 0.3) is 5.91 Å². The number of H-pyrrole nitrogens is 1. The van der Waals surface area contributed by atoms with Crippen LogP contribution in [-0.4, -0.2) is 28.0 Å². The number of carboxylic acids is 1. The van der Waals surface area contributed by atoms with Crippen molar-refractivity contribution in [2.45, 2.75) is 26.8 Å². The molecule has 0 aliphatic rings. The van der Waals surface area contributed by atoms with Crippen LogP contribution in [-0.2, 0) is 9.59 Å². The molecule has 0 saturated carbocycles. The highest BCUT2D eigenvalue weighted by molar-refractivity contribution is 5.98. The summed E-state index contributed by atoms with van der Waals surface area (Å²) in [6, 6.07) is 10.7. The topological polar surface area (TPSA) is 82.2 Å². The van der Waals surface area contributed by atoms with Crippen LogP contribution in [0.25, 0.3) is 28.1 Å². The summed E-state index contributed by atoms with van der Waals surface area (Å²) < 4.78 is 14.2. The third-order valence-corrected chi connectivity index (χ3v) is 4.69. The third kappa shape index (κ3) is 3.96. The molecule has 5 nitrogen and oxygen atoms in total. The molecule has 0 unspecified atom stereocenters. The van der Waals surface area contributed by atoms with E-state index in [-0.39, 0.29) is 0 Å². The van der Waals surface area contributed by atoms with E-state index in [0.29, 0.717) is 5.56 Å². The van der Waals surface area contributed by atoms with Crippen molar-refractivity contribution in [2.75, 3.05) is 0 Å². The number of halogens is 1. The van der Waals surface area contributed by atoms with Gasteiger partial charge in [-0.1, -0.05) is 18.2 Å². The summed E-state index contributed by atoms with van der Waals surface area (Å²) in [5.41, 5.74) is 5.46. The molecule has 3 aromatic rings. The molecule has 0 saturated heterocycles. The molecule has 3 rings (SSSR count). The average molecular weight is 380 g/mol. The number of hydrogen-bond acceptors (Lipinski definition) is 2. The Hall–Kier alpha value is -3.41. The number of benzene rings is 2. The number of aliphatic carboxylic acids is 1. The summed E-state index contributed by atoms with van der Waals surface area (Å²) in [7, 11) is 0. The molecule has 0 bridgehead atoms. The molecule has 1 aromatic heterocycles. The van der Waals surface area contributed by atoms with Crippen molar-refractivity contribution < 1.29 is 19.1 Å². The number of carboxylic acid groups (broad SMARTS) is 1. The maximum Gasteiger partial charge on any atom is 0.325 e. The zero-order valence-electron chi connectivity index (χ0n) is 15.8. The smallest absolute Gasteiger partial charge is 0.325 e. The number of hydrogen-bond donors (Lipinski definition) is 3. The molecule has 144 valence electrons. The largest absolute Gasteiger partial charge is 0.480 e. The fourth-order valence-corrected chi connectivity index (χ4v) is 3.06. The van der Waals surface area contributed by atoms with Gasteiger partial charge in [0.05, 0.1) is 0 Å². The highest BCUT2D eigenvalue weighted by atomic mass is 19.1. The number of aromatic amines is 1. The molecule has 28 heavy (non-hydrogen) atoms. The zero-order valence-corrected chi connectivity index (χ0v) is 15.8. The lowest BCUT2D eigenvalue weighted by Gasteiger charge is -2.12. The molecule has 3 N–H and O–H groups in total. The van der Waals surface area contributed by atoms with Gasteiger partial charge in [0.15, 0.2) is 5.83 Å². The van der Waals surface area contributed by atoms with Crippen LogP contribution in [0.5, 0.6) is 0 Å². The lowest BCUT2D eigenvalue weighted by atomic mass is 9.94. The van der Waals surface area contributed by atoms with Gasteiger partial charge in [0.1, 0.15) is 6.04 Å². The first-order valence-electron chi connectivity index (χ1n) is 8.86. The molecule has 1 atom stereocenters. The first-order chi connectivity index (χ1) is 13.3. The Kier molecular flexibility index (Phi) is 5.31. The molecule has 0 spiro atoms. The first kappa shape index (κ1) is 19.4. The predicted molar refractivity (Wildman–Crippen MR) is 108 cm³/mol. The third-order valence-electron chi connectivity index (χ3n) is 4.69. The molecular weight excluding hydrogens is 359 g/mol. The number of aromatic nitrogens is 1. The summed E-state index contributed by atoms with van der Waals surface area (Å²) in [6.45, 7) is 5.05. The zero-order chi connectivity index (χ0) is 20.4. The summed E-state index contributed by atoms with van der Waals surface area (Å²) in [4.78, 5) is 25.8. The number of carbonyl (C=O) groups is 2. The summed E-state index contributed by atoms with van der Waals surface area (Å²) >= 11 is 0. The molecular formula is C22H21FN2O3. The molecule has 0 aliphatic carbocycles. The molecule has 1 amide bonds. The van der Waals surface area contributed by atoms with E-state index in [1.165, 1.54) is 6.92 Å². The SMILES string of the molecule is Cc1cc(-c2ccc3[nH]ccc3c2)c(C)cc1/C=C(/F)C(=O)N[C@H](C)C(=O)O. The van der Waals surface area contributed by atoms with E-state index in [4.69, 9.17) is 5.11 Å². The number of fused-ring (bicyclic) bond motifs is 1. The van der Waals surface area contributed by atoms with E-state index < -0.39 is 23.7 Å². The molecule has 0 radical (unpaired) electrons. The minimum atomic E-state index is -1.23. The Labute approximate surface area is 161 Å². The Morgan fingerprint density at radius 2 is 1.89 bits per heavy atom. The van der Waals surface area contributed by atoms with E-state index in [2.05, 4.69) is 16.4 Å². The van der Waals surface area contributed by atoms with Crippen molar-refractivity contribution >= 4 is 28.9 Å². The van der Waals surface area contributed by atoms with Crippen molar-refractivity contribution in [3.8, 4) is 11.1 Å². The van der Waals surface area contributed by atoms with Gasteiger partial charge in [-0.25, -0.2) is 4.39 Å². The quantitative estimate of drug-likeness (QED) is 0.576. The second-order valence-corrected chi connectivity index (χ2v) is 6.83. The Morgan fingerprint density at radius 3 is 2.61 bits per heavy atom. The number of amides is 1. The average Bonchev–Trinajstić information content (AvgIpc) is 3.11. The van der Waals surface area contributed by atoms with Crippen molar-refractivity contribution in [2.24, 2.45) is 0 Å². The Balaban J connectivity index is 1.91. The fourth-order valence-electron chi connectivity index (χ4n) is 3.06. The van der Waals surface area contributed by atoms with E-state index in [9.17, 15) is 14.0 Å². The van der Waals surface area contributed by atoms with E-state index in [0.717, 1.165) is 39.2 Å². The highest BCUT2D eigenvalue weighted by Gasteiger charge is 2.17. The summed E-state index contributed by atoms with van der Waals surface area (Å²) in [5, 5.41) is 12.0. The fraction of sp³-hybridized carbons (Fsp3) is 0.182. The monoisotopic (exact) mass is 380 g/mol. The number of carbonyl (C=O) groups excluding carboxylic acids is 1. The highest BCUT2D eigenvalue weighted by Crippen LogP contribution is 2.30. The van der Waals surface area contributed by atoms with Crippen LogP contribution in [0.3, 0.4) is 0 Å². The van der Waals surface area contributed by atoms with Gasteiger partial charge in [-0.15, -0.1) is 0 Å². The minimum Gasteiger partial charge on any atom is -0.480 e. The maximum absolute atomic E-state index is 14.2. The minimum absolute atomic E-state index is 0.569. The van der Waals surface area contributed by atoms with E-state index >= 15 is 0 Å². The number of rotatable bonds is 5. The van der Waals surface area contributed by atoms with Crippen molar-refractivity contribution in [1.82, 2.24) is 10.3 Å². The van der Waals surface area contributed by atoms with Gasteiger partial charge in [-0.05, 0) is 78.2 Å². The second kappa shape index (κ2) is 7.68. The van der Waals surface area contributed by atoms with Crippen LogP contribution < -0.4 is 5.32 Å². The Bertz CT molecular complexity index is 1100. The number of nitrogens with one attached hydrogen (secondary N) is 2. The normalized spacial score (nSPS) is 12.8. The lowest BCUT2D eigenvalue weighted by molar-refractivity contribution is -0.140.